The predicted molar refractivity (Wildman–Crippen MR) is 77.7 cm³/mol. The van der Waals surface area contributed by atoms with Crippen molar-refractivity contribution in [1.82, 2.24) is 24.9 Å². The van der Waals surface area contributed by atoms with Crippen LogP contribution in [0.2, 0.25) is 0 Å². The van der Waals surface area contributed by atoms with Crippen LogP contribution in [0.3, 0.4) is 0 Å². The lowest BCUT2D eigenvalue weighted by molar-refractivity contribution is 0.455. The Morgan fingerprint density at radius 1 is 1.38 bits per heavy atom. The van der Waals surface area contributed by atoms with Gasteiger partial charge in [0.05, 0.1) is 23.7 Å². The lowest BCUT2D eigenvalue weighted by Gasteiger charge is -2.22. The maximum atomic E-state index is 6.12. The van der Waals surface area contributed by atoms with Crippen molar-refractivity contribution in [1.29, 1.82) is 0 Å². The molecule has 21 heavy (non-hydrogen) atoms. The second-order valence-electron chi connectivity index (χ2n) is 5.31. The highest BCUT2D eigenvalue weighted by Crippen LogP contribution is 2.28. The van der Waals surface area contributed by atoms with Gasteiger partial charge in [0, 0.05) is 18.5 Å². The SMILES string of the molecule is Nc1cc(C2CCCNC2)nc2c(-c3cnco3)cnn12. The van der Waals surface area contributed by atoms with Gasteiger partial charge in [0.25, 0.3) is 0 Å². The van der Waals surface area contributed by atoms with Gasteiger partial charge in [0.1, 0.15) is 5.82 Å². The normalized spacial score (nSPS) is 19.1. The van der Waals surface area contributed by atoms with E-state index in [1.54, 1.807) is 16.9 Å². The zero-order valence-electron chi connectivity index (χ0n) is 11.5. The molecule has 4 heterocycles. The lowest BCUT2D eigenvalue weighted by Crippen LogP contribution is -2.29. The molecule has 0 spiro atoms. The van der Waals surface area contributed by atoms with Gasteiger partial charge in [0.15, 0.2) is 17.8 Å². The van der Waals surface area contributed by atoms with Crippen LogP contribution in [-0.2, 0) is 0 Å². The Morgan fingerprint density at radius 3 is 3.10 bits per heavy atom. The first-order chi connectivity index (χ1) is 10.3. The van der Waals surface area contributed by atoms with E-state index in [9.17, 15) is 0 Å². The molecule has 1 atom stereocenters. The van der Waals surface area contributed by atoms with Crippen molar-refractivity contribution < 1.29 is 4.42 Å². The molecular weight excluding hydrogens is 268 g/mol. The summed E-state index contributed by atoms with van der Waals surface area (Å²) in [4.78, 5) is 8.72. The summed E-state index contributed by atoms with van der Waals surface area (Å²) >= 11 is 0. The number of rotatable bonds is 2. The molecule has 7 heteroatoms. The van der Waals surface area contributed by atoms with E-state index in [0.29, 0.717) is 23.1 Å². The van der Waals surface area contributed by atoms with Crippen LogP contribution in [0.1, 0.15) is 24.5 Å². The van der Waals surface area contributed by atoms with Crippen LogP contribution in [0.5, 0.6) is 0 Å². The molecule has 3 N–H and O–H groups in total. The van der Waals surface area contributed by atoms with Gasteiger partial charge in [-0.2, -0.15) is 9.61 Å². The minimum absolute atomic E-state index is 0.392. The number of hydrogen-bond donors (Lipinski definition) is 2. The first-order valence-electron chi connectivity index (χ1n) is 7.06. The van der Waals surface area contributed by atoms with Crippen LogP contribution in [0, 0.1) is 0 Å². The summed E-state index contributed by atoms with van der Waals surface area (Å²) < 4.78 is 6.99. The standard InChI is InChI=1S/C14H16N6O/c15-13-4-11(9-2-1-3-16-5-9)19-14-10(6-18-20(13)14)12-7-17-8-21-12/h4,6-9,16H,1-3,5,15H2. The van der Waals surface area contributed by atoms with Gasteiger partial charge in [-0.25, -0.2) is 9.97 Å². The fourth-order valence-electron chi connectivity index (χ4n) is 2.84. The average molecular weight is 284 g/mol. The molecule has 1 aliphatic rings. The molecule has 4 rings (SSSR count). The largest absolute Gasteiger partial charge is 0.443 e. The van der Waals surface area contributed by atoms with E-state index in [1.807, 2.05) is 6.07 Å². The highest BCUT2D eigenvalue weighted by atomic mass is 16.3. The summed E-state index contributed by atoms with van der Waals surface area (Å²) in [6.07, 6.45) is 7.05. The summed E-state index contributed by atoms with van der Waals surface area (Å²) in [6.45, 7) is 2.01. The molecular formula is C14H16N6O. The van der Waals surface area contributed by atoms with Gasteiger partial charge in [-0.1, -0.05) is 0 Å². The van der Waals surface area contributed by atoms with E-state index in [1.165, 1.54) is 6.39 Å². The number of nitrogens with one attached hydrogen (secondary N) is 1. The Morgan fingerprint density at radius 2 is 2.33 bits per heavy atom. The quantitative estimate of drug-likeness (QED) is 0.739. The molecule has 0 amide bonds. The summed E-state index contributed by atoms with van der Waals surface area (Å²) in [5, 5.41) is 7.69. The fourth-order valence-corrected chi connectivity index (χ4v) is 2.84. The zero-order valence-corrected chi connectivity index (χ0v) is 11.5. The Hall–Kier alpha value is -2.41. The first-order valence-corrected chi connectivity index (χ1v) is 7.06. The molecule has 1 aliphatic heterocycles. The van der Waals surface area contributed by atoms with Gasteiger partial charge in [0.2, 0.25) is 0 Å². The Bertz CT molecular complexity index is 757. The topological polar surface area (TPSA) is 94.3 Å². The van der Waals surface area contributed by atoms with Crippen LogP contribution in [-0.4, -0.2) is 32.7 Å². The molecule has 1 unspecified atom stereocenters. The minimum atomic E-state index is 0.392. The van der Waals surface area contributed by atoms with Crippen LogP contribution in [0.15, 0.2) is 29.3 Å². The van der Waals surface area contributed by atoms with Crippen molar-refractivity contribution in [2.75, 3.05) is 18.8 Å². The zero-order chi connectivity index (χ0) is 14.2. The number of piperidine rings is 1. The predicted octanol–water partition coefficient (Wildman–Crippen LogP) is 1.43. The van der Waals surface area contributed by atoms with Gasteiger partial charge in [-0.3, -0.25) is 0 Å². The summed E-state index contributed by atoms with van der Waals surface area (Å²) in [6, 6.07) is 1.92. The Labute approximate surface area is 121 Å². The van der Waals surface area contributed by atoms with Crippen molar-refractivity contribution in [2.24, 2.45) is 0 Å². The number of nitrogen functional groups attached to an aromatic ring is 1. The smallest absolute Gasteiger partial charge is 0.181 e. The van der Waals surface area contributed by atoms with Crippen LogP contribution < -0.4 is 11.1 Å². The number of hydrogen-bond acceptors (Lipinski definition) is 6. The molecule has 7 nitrogen and oxygen atoms in total. The monoisotopic (exact) mass is 284 g/mol. The second kappa shape index (κ2) is 4.85. The van der Waals surface area contributed by atoms with Gasteiger partial charge >= 0.3 is 0 Å². The van der Waals surface area contributed by atoms with Crippen molar-refractivity contribution in [3.63, 3.8) is 0 Å². The summed E-state index contributed by atoms with van der Waals surface area (Å²) in [7, 11) is 0. The molecule has 0 radical (unpaired) electrons. The number of aromatic nitrogens is 4. The average Bonchev–Trinajstić information content (AvgIpc) is 3.16. The number of anilines is 1. The lowest BCUT2D eigenvalue weighted by atomic mass is 9.96. The van der Waals surface area contributed by atoms with E-state index in [0.717, 1.165) is 37.2 Å². The number of nitrogens with two attached hydrogens (primary N) is 1. The van der Waals surface area contributed by atoms with Crippen molar-refractivity contribution in [3.8, 4) is 11.3 Å². The third kappa shape index (κ3) is 2.06. The van der Waals surface area contributed by atoms with E-state index in [2.05, 4.69) is 15.4 Å². The third-order valence-electron chi connectivity index (χ3n) is 3.93. The molecule has 108 valence electrons. The highest BCUT2D eigenvalue weighted by molar-refractivity contribution is 5.74. The fraction of sp³-hybridized carbons (Fsp3) is 0.357. The van der Waals surface area contributed by atoms with Crippen LogP contribution in [0.4, 0.5) is 5.82 Å². The van der Waals surface area contributed by atoms with Crippen molar-refractivity contribution >= 4 is 11.5 Å². The number of oxazole rings is 1. The molecule has 0 bridgehead atoms. The van der Waals surface area contributed by atoms with Gasteiger partial charge in [-0.05, 0) is 19.4 Å². The molecule has 3 aromatic heterocycles. The van der Waals surface area contributed by atoms with E-state index in [-0.39, 0.29) is 0 Å². The minimum Gasteiger partial charge on any atom is -0.443 e. The first kappa shape index (κ1) is 12.3. The van der Waals surface area contributed by atoms with E-state index >= 15 is 0 Å². The molecule has 1 fully saturated rings. The Balaban J connectivity index is 1.85. The maximum absolute atomic E-state index is 6.12. The number of fused-ring (bicyclic) bond motifs is 1. The van der Waals surface area contributed by atoms with Crippen LogP contribution in [0.25, 0.3) is 17.0 Å². The summed E-state index contributed by atoms with van der Waals surface area (Å²) in [5.41, 5.74) is 8.66. The van der Waals surface area contributed by atoms with Crippen molar-refractivity contribution in [3.05, 3.63) is 30.5 Å². The second-order valence-corrected chi connectivity index (χ2v) is 5.31. The van der Waals surface area contributed by atoms with E-state index < -0.39 is 0 Å². The maximum Gasteiger partial charge on any atom is 0.181 e. The number of nitrogens with zero attached hydrogens (tertiary/aromatic N) is 4. The van der Waals surface area contributed by atoms with Gasteiger partial charge < -0.3 is 15.5 Å². The highest BCUT2D eigenvalue weighted by Gasteiger charge is 2.20. The molecule has 0 saturated carbocycles. The van der Waals surface area contributed by atoms with Crippen molar-refractivity contribution in [2.45, 2.75) is 18.8 Å². The molecule has 1 saturated heterocycles. The summed E-state index contributed by atoms with van der Waals surface area (Å²) in [5.74, 6) is 1.63. The Kier molecular flexibility index (Phi) is 2.85. The molecule has 3 aromatic rings. The molecule has 0 aliphatic carbocycles. The van der Waals surface area contributed by atoms with E-state index in [4.69, 9.17) is 15.1 Å². The third-order valence-corrected chi connectivity index (χ3v) is 3.93. The van der Waals surface area contributed by atoms with Gasteiger partial charge in [-0.15, -0.1) is 0 Å². The molecule has 0 aromatic carbocycles. The van der Waals surface area contributed by atoms with Crippen LogP contribution >= 0.6 is 0 Å².